The van der Waals surface area contributed by atoms with Gasteiger partial charge in [0.1, 0.15) is 0 Å². The van der Waals surface area contributed by atoms with Crippen LogP contribution in [0.4, 0.5) is 0 Å². The van der Waals surface area contributed by atoms with E-state index in [9.17, 15) is 4.79 Å². The van der Waals surface area contributed by atoms with E-state index < -0.39 is 0 Å². The lowest BCUT2D eigenvalue weighted by atomic mass is 9.94. The molecule has 6 heteroatoms. The highest BCUT2D eigenvalue weighted by atomic mass is 79.9. The zero-order valence-corrected chi connectivity index (χ0v) is 22.3. The van der Waals surface area contributed by atoms with Crippen molar-refractivity contribution in [1.29, 1.82) is 0 Å². The van der Waals surface area contributed by atoms with Crippen LogP contribution in [0.15, 0.2) is 40.9 Å². The molecule has 0 saturated carbocycles. The Bertz CT molecular complexity index is 978. The Morgan fingerprint density at radius 2 is 1.74 bits per heavy atom. The molecule has 1 amide bonds. The Kier molecular flexibility index (Phi) is 8.54. The van der Waals surface area contributed by atoms with Gasteiger partial charge >= 0.3 is 0 Å². The van der Waals surface area contributed by atoms with Gasteiger partial charge in [0.15, 0.2) is 11.5 Å². The minimum Gasteiger partial charge on any atom is -0.493 e. The molecular weight excluding hydrogens is 492 g/mol. The van der Waals surface area contributed by atoms with Gasteiger partial charge in [-0.1, -0.05) is 34.5 Å². The lowest BCUT2D eigenvalue weighted by Gasteiger charge is -2.43. The maximum atomic E-state index is 13.4. The van der Waals surface area contributed by atoms with Crippen molar-refractivity contribution in [3.63, 3.8) is 0 Å². The van der Waals surface area contributed by atoms with Crippen molar-refractivity contribution >= 4 is 21.8 Å². The molecule has 2 unspecified atom stereocenters. The summed E-state index contributed by atoms with van der Waals surface area (Å²) < 4.78 is 12.1. The van der Waals surface area contributed by atoms with E-state index in [-0.39, 0.29) is 11.9 Å². The summed E-state index contributed by atoms with van der Waals surface area (Å²) in [6, 6.07) is 13.3. The summed E-state index contributed by atoms with van der Waals surface area (Å²) in [5.41, 5.74) is 3.64. The van der Waals surface area contributed by atoms with Crippen LogP contribution in [0.5, 0.6) is 11.5 Å². The normalized spacial score (nSPS) is 19.9. The molecule has 4 rings (SSSR count). The SMILES string of the molecule is COc1cc2c(cc1OC)CC(=O)N(C(C)C1CCCCN1CCCc1ccc(Br)cc1)CC2. The van der Waals surface area contributed by atoms with Gasteiger partial charge in [-0.25, -0.2) is 0 Å². The summed E-state index contributed by atoms with van der Waals surface area (Å²) in [4.78, 5) is 18.2. The van der Waals surface area contributed by atoms with Gasteiger partial charge in [0.25, 0.3) is 0 Å². The third-order valence-corrected chi connectivity index (χ3v) is 8.06. The fourth-order valence-electron chi connectivity index (χ4n) is 5.61. The third-order valence-electron chi connectivity index (χ3n) is 7.53. The summed E-state index contributed by atoms with van der Waals surface area (Å²) in [6.45, 7) is 5.23. The minimum atomic E-state index is 0.207. The van der Waals surface area contributed by atoms with Crippen molar-refractivity contribution in [3.8, 4) is 11.5 Å². The number of likely N-dealkylation sites (tertiary alicyclic amines) is 1. The maximum Gasteiger partial charge on any atom is 0.227 e. The molecule has 0 radical (unpaired) electrons. The van der Waals surface area contributed by atoms with Gasteiger partial charge in [-0.3, -0.25) is 9.69 Å². The number of methoxy groups -OCH3 is 2. The van der Waals surface area contributed by atoms with E-state index in [0.717, 1.165) is 61.1 Å². The summed E-state index contributed by atoms with van der Waals surface area (Å²) in [7, 11) is 3.31. The van der Waals surface area contributed by atoms with Crippen LogP contribution in [0.3, 0.4) is 0 Å². The first-order valence-electron chi connectivity index (χ1n) is 12.5. The largest absolute Gasteiger partial charge is 0.493 e. The van der Waals surface area contributed by atoms with Crippen molar-refractivity contribution in [3.05, 3.63) is 57.6 Å². The summed E-state index contributed by atoms with van der Waals surface area (Å²) in [5.74, 6) is 1.65. The number of rotatable bonds is 8. The highest BCUT2D eigenvalue weighted by molar-refractivity contribution is 9.10. The number of ether oxygens (including phenoxy) is 2. The van der Waals surface area contributed by atoms with Crippen LogP contribution >= 0.6 is 15.9 Å². The fraction of sp³-hybridized carbons (Fsp3) is 0.536. The van der Waals surface area contributed by atoms with Crippen LogP contribution in [-0.4, -0.2) is 61.6 Å². The Balaban J connectivity index is 1.41. The minimum absolute atomic E-state index is 0.207. The fourth-order valence-corrected chi connectivity index (χ4v) is 5.87. The smallest absolute Gasteiger partial charge is 0.227 e. The van der Waals surface area contributed by atoms with Crippen molar-refractivity contribution < 1.29 is 14.3 Å². The number of nitrogens with zero attached hydrogens (tertiary/aromatic N) is 2. The molecule has 184 valence electrons. The van der Waals surface area contributed by atoms with E-state index in [2.05, 4.69) is 56.9 Å². The number of fused-ring (bicyclic) bond motifs is 1. The first-order chi connectivity index (χ1) is 16.5. The lowest BCUT2D eigenvalue weighted by Crippen LogP contribution is -2.54. The molecule has 1 fully saturated rings. The lowest BCUT2D eigenvalue weighted by molar-refractivity contribution is -0.134. The van der Waals surface area contributed by atoms with Gasteiger partial charge in [0.05, 0.1) is 20.6 Å². The number of carbonyl (C=O) groups excluding carboxylic acids is 1. The molecule has 0 spiro atoms. The van der Waals surface area contributed by atoms with E-state index in [4.69, 9.17) is 9.47 Å². The van der Waals surface area contributed by atoms with Crippen molar-refractivity contribution in [2.45, 2.75) is 64.0 Å². The topological polar surface area (TPSA) is 42.0 Å². The van der Waals surface area contributed by atoms with Crippen LogP contribution in [-0.2, 0) is 24.1 Å². The van der Waals surface area contributed by atoms with Gasteiger partial charge in [-0.05, 0) is 93.1 Å². The first-order valence-corrected chi connectivity index (χ1v) is 13.3. The van der Waals surface area contributed by atoms with Gasteiger partial charge < -0.3 is 14.4 Å². The van der Waals surface area contributed by atoms with Crippen LogP contribution in [0, 0.1) is 0 Å². The molecule has 5 nitrogen and oxygen atoms in total. The first kappa shape index (κ1) is 25.1. The second-order valence-electron chi connectivity index (χ2n) is 9.56. The number of benzene rings is 2. The van der Waals surface area contributed by atoms with Crippen molar-refractivity contribution in [2.24, 2.45) is 0 Å². The molecule has 2 atom stereocenters. The number of aryl methyl sites for hydroxylation is 1. The number of amides is 1. The molecule has 0 bridgehead atoms. The van der Waals surface area contributed by atoms with Crippen LogP contribution < -0.4 is 9.47 Å². The molecule has 34 heavy (non-hydrogen) atoms. The third kappa shape index (κ3) is 5.77. The Morgan fingerprint density at radius 3 is 2.44 bits per heavy atom. The van der Waals surface area contributed by atoms with Crippen molar-refractivity contribution in [1.82, 2.24) is 9.80 Å². The Hall–Kier alpha value is -2.05. The van der Waals surface area contributed by atoms with Gasteiger partial charge in [-0.2, -0.15) is 0 Å². The average molecular weight is 530 g/mol. The quantitative estimate of drug-likeness (QED) is 0.468. The maximum absolute atomic E-state index is 13.4. The van der Waals surface area contributed by atoms with Crippen molar-refractivity contribution in [2.75, 3.05) is 33.9 Å². The zero-order valence-electron chi connectivity index (χ0n) is 20.7. The molecule has 2 aromatic rings. The molecule has 2 heterocycles. The summed E-state index contributed by atoms with van der Waals surface area (Å²) in [5, 5.41) is 0. The molecular formula is C28H37BrN2O3. The second-order valence-corrected chi connectivity index (χ2v) is 10.5. The predicted molar refractivity (Wildman–Crippen MR) is 140 cm³/mol. The standard InChI is InChI=1S/C28H37BrN2O3/c1-20(25-8-4-5-14-30(25)15-6-7-21-9-11-24(29)12-10-21)31-16-13-22-17-26(33-2)27(34-3)18-23(22)19-28(31)32/h9-12,17-18,20,25H,4-8,13-16,19H2,1-3H3. The molecule has 0 aliphatic carbocycles. The van der Waals surface area contributed by atoms with Gasteiger partial charge in [0.2, 0.25) is 5.91 Å². The van der Waals surface area contributed by atoms with Gasteiger partial charge in [-0.15, -0.1) is 0 Å². The molecule has 2 aliphatic rings. The van der Waals surface area contributed by atoms with Crippen LogP contribution in [0.2, 0.25) is 0 Å². The van der Waals surface area contributed by atoms with E-state index in [1.165, 1.54) is 24.0 Å². The zero-order chi connectivity index (χ0) is 24.1. The van der Waals surface area contributed by atoms with Crippen LogP contribution in [0.25, 0.3) is 0 Å². The van der Waals surface area contributed by atoms with E-state index in [0.29, 0.717) is 18.2 Å². The predicted octanol–water partition coefficient (Wildman–Crippen LogP) is 5.27. The Labute approximate surface area is 212 Å². The second kappa shape index (κ2) is 11.6. The van der Waals surface area contributed by atoms with E-state index in [1.807, 2.05) is 12.1 Å². The molecule has 0 N–H and O–H groups in total. The summed E-state index contributed by atoms with van der Waals surface area (Å²) in [6.07, 6.45) is 7.17. The average Bonchev–Trinajstić information content (AvgIpc) is 3.01. The molecule has 0 aromatic heterocycles. The highest BCUT2D eigenvalue weighted by Gasteiger charge is 2.34. The van der Waals surface area contributed by atoms with E-state index >= 15 is 0 Å². The highest BCUT2D eigenvalue weighted by Crippen LogP contribution is 2.33. The monoisotopic (exact) mass is 528 g/mol. The summed E-state index contributed by atoms with van der Waals surface area (Å²) >= 11 is 3.52. The number of carbonyl (C=O) groups is 1. The Morgan fingerprint density at radius 1 is 1.03 bits per heavy atom. The molecule has 2 aliphatic heterocycles. The van der Waals surface area contributed by atoms with Crippen LogP contribution in [0.1, 0.15) is 49.3 Å². The number of halogens is 1. The number of hydrogen-bond acceptors (Lipinski definition) is 4. The number of hydrogen-bond donors (Lipinski definition) is 0. The van der Waals surface area contributed by atoms with E-state index in [1.54, 1.807) is 14.2 Å². The molecule has 2 aromatic carbocycles. The van der Waals surface area contributed by atoms with Gasteiger partial charge in [0, 0.05) is 23.1 Å². The number of piperidine rings is 1. The molecule has 1 saturated heterocycles.